The van der Waals surface area contributed by atoms with Crippen molar-refractivity contribution in [2.24, 2.45) is 0 Å². The van der Waals surface area contributed by atoms with Crippen LogP contribution in [0.3, 0.4) is 0 Å². The number of methoxy groups -OCH3 is 1. The monoisotopic (exact) mass is 451 g/mol. The number of hydrogen-bond donors (Lipinski definition) is 1. The average Bonchev–Trinajstić information content (AvgIpc) is 3.49. The van der Waals surface area contributed by atoms with Crippen molar-refractivity contribution in [3.8, 4) is 22.1 Å². The van der Waals surface area contributed by atoms with Gasteiger partial charge in [-0.3, -0.25) is 9.78 Å². The molecule has 8 heteroatoms. The number of carbonyl (C=O) groups excluding carboxylic acids is 1. The average molecular weight is 452 g/mol. The van der Waals surface area contributed by atoms with E-state index in [1.165, 1.54) is 0 Å². The molecule has 4 aromatic rings. The topological polar surface area (TPSA) is 73.3 Å². The Kier molecular flexibility index (Phi) is 6.91. The predicted octanol–water partition coefficient (Wildman–Crippen LogP) is 4.71. The summed E-state index contributed by atoms with van der Waals surface area (Å²) in [6.07, 6.45) is 3.72. The Bertz CT molecular complexity index is 1130. The van der Waals surface area contributed by atoms with Crippen LogP contribution in [0, 0.1) is 0 Å². The maximum absolute atomic E-state index is 12.4. The molecule has 0 bridgehead atoms. The molecule has 0 spiro atoms. The summed E-state index contributed by atoms with van der Waals surface area (Å²) in [7, 11) is 1.60. The number of carbonyl (C=O) groups is 1. The van der Waals surface area contributed by atoms with Gasteiger partial charge < -0.3 is 14.8 Å². The highest BCUT2D eigenvalue weighted by molar-refractivity contribution is 7.14. The third-order valence-electron chi connectivity index (χ3n) is 4.52. The van der Waals surface area contributed by atoms with Crippen molar-refractivity contribution in [3.63, 3.8) is 0 Å². The van der Waals surface area contributed by atoms with Gasteiger partial charge in [0.2, 0.25) is 5.91 Å². The van der Waals surface area contributed by atoms with E-state index in [4.69, 9.17) is 9.47 Å². The summed E-state index contributed by atoms with van der Waals surface area (Å²) < 4.78 is 11.3. The van der Waals surface area contributed by atoms with Crippen molar-refractivity contribution in [2.45, 2.75) is 19.6 Å². The highest BCUT2D eigenvalue weighted by atomic mass is 32.1. The van der Waals surface area contributed by atoms with E-state index in [0.717, 1.165) is 27.4 Å². The maximum atomic E-state index is 12.4. The molecule has 1 amide bonds. The van der Waals surface area contributed by atoms with E-state index in [1.807, 2.05) is 47.2 Å². The molecule has 0 aliphatic carbocycles. The molecular formula is C23H21N3O3S2. The number of hydrogen-bond acceptors (Lipinski definition) is 7. The molecule has 1 aromatic carbocycles. The van der Waals surface area contributed by atoms with Crippen LogP contribution in [0.25, 0.3) is 10.6 Å². The zero-order chi connectivity index (χ0) is 21.5. The Hall–Kier alpha value is -3.23. The maximum Gasteiger partial charge on any atom is 0.226 e. The van der Waals surface area contributed by atoms with Crippen molar-refractivity contribution >= 4 is 28.6 Å². The van der Waals surface area contributed by atoms with E-state index >= 15 is 0 Å². The minimum Gasteiger partial charge on any atom is -0.493 e. The van der Waals surface area contributed by atoms with Gasteiger partial charge in [0, 0.05) is 35.3 Å². The molecule has 31 heavy (non-hydrogen) atoms. The van der Waals surface area contributed by atoms with Crippen molar-refractivity contribution in [2.75, 3.05) is 7.11 Å². The molecule has 4 rings (SSSR count). The number of thiophene rings is 1. The van der Waals surface area contributed by atoms with Crippen LogP contribution in [0.4, 0.5) is 0 Å². The van der Waals surface area contributed by atoms with Gasteiger partial charge in [-0.1, -0.05) is 6.07 Å². The lowest BCUT2D eigenvalue weighted by Gasteiger charge is -2.12. The molecule has 6 nitrogen and oxygen atoms in total. The lowest BCUT2D eigenvalue weighted by Crippen LogP contribution is -2.24. The van der Waals surface area contributed by atoms with E-state index in [0.29, 0.717) is 24.7 Å². The molecule has 0 radical (unpaired) electrons. The fourth-order valence-corrected chi connectivity index (χ4v) is 4.45. The zero-order valence-corrected chi connectivity index (χ0v) is 18.5. The van der Waals surface area contributed by atoms with Gasteiger partial charge in [0.25, 0.3) is 0 Å². The van der Waals surface area contributed by atoms with Gasteiger partial charge in [-0.05, 0) is 46.8 Å². The number of ether oxygens (including phenoxy) is 2. The summed E-state index contributed by atoms with van der Waals surface area (Å²) in [6.45, 7) is 0.831. The molecule has 0 aliphatic heterocycles. The van der Waals surface area contributed by atoms with Crippen LogP contribution >= 0.6 is 22.7 Å². The summed E-state index contributed by atoms with van der Waals surface area (Å²) >= 11 is 3.19. The fourth-order valence-electron chi connectivity index (χ4n) is 2.92. The van der Waals surface area contributed by atoms with E-state index in [1.54, 1.807) is 42.2 Å². The van der Waals surface area contributed by atoms with Gasteiger partial charge in [-0.15, -0.1) is 11.3 Å². The summed E-state index contributed by atoms with van der Waals surface area (Å²) in [6, 6.07) is 11.5. The molecule has 3 heterocycles. The van der Waals surface area contributed by atoms with Crippen molar-refractivity contribution in [1.29, 1.82) is 0 Å². The molecular weight excluding hydrogens is 430 g/mol. The number of pyridine rings is 1. The fraction of sp³-hybridized carbons (Fsp3) is 0.174. The first-order valence-corrected chi connectivity index (χ1v) is 11.5. The highest BCUT2D eigenvalue weighted by Crippen LogP contribution is 2.29. The van der Waals surface area contributed by atoms with E-state index in [-0.39, 0.29) is 12.3 Å². The Balaban J connectivity index is 1.31. The number of aromatic nitrogens is 2. The highest BCUT2D eigenvalue weighted by Gasteiger charge is 2.11. The number of benzene rings is 1. The molecule has 0 fully saturated rings. The molecule has 0 unspecified atom stereocenters. The number of nitrogens with zero attached hydrogens (tertiary/aromatic N) is 2. The molecule has 1 N–H and O–H groups in total. The minimum atomic E-state index is -0.0702. The largest absolute Gasteiger partial charge is 0.493 e. The number of rotatable bonds is 9. The minimum absolute atomic E-state index is 0.0702. The molecule has 0 aliphatic rings. The van der Waals surface area contributed by atoms with Gasteiger partial charge in [0.1, 0.15) is 11.6 Å². The van der Waals surface area contributed by atoms with Gasteiger partial charge >= 0.3 is 0 Å². The number of amides is 1. The zero-order valence-electron chi connectivity index (χ0n) is 16.9. The normalized spacial score (nSPS) is 10.6. The van der Waals surface area contributed by atoms with Crippen LogP contribution in [0.2, 0.25) is 0 Å². The summed E-state index contributed by atoms with van der Waals surface area (Å²) in [4.78, 5) is 20.9. The lowest BCUT2D eigenvalue weighted by molar-refractivity contribution is -0.120. The van der Waals surface area contributed by atoms with Crippen LogP contribution < -0.4 is 14.8 Å². The molecule has 0 atom stereocenters. The summed E-state index contributed by atoms with van der Waals surface area (Å²) in [5.41, 5.74) is 3.83. The Morgan fingerprint density at radius 3 is 2.71 bits per heavy atom. The predicted molar refractivity (Wildman–Crippen MR) is 123 cm³/mol. The van der Waals surface area contributed by atoms with Crippen LogP contribution in [0.15, 0.2) is 64.9 Å². The third-order valence-corrected chi connectivity index (χ3v) is 6.15. The number of thiazole rings is 1. The quantitative estimate of drug-likeness (QED) is 0.399. The second kappa shape index (κ2) is 10.2. The van der Waals surface area contributed by atoms with Gasteiger partial charge in [0.15, 0.2) is 11.5 Å². The second-order valence-corrected chi connectivity index (χ2v) is 8.38. The van der Waals surface area contributed by atoms with E-state index in [2.05, 4.69) is 20.7 Å². The van der Waals surface area contributed by atoms with E-state index in [9.17, 15) is 4.79 Å². The Morgan fingerprint density at radius 2 is 1.94 bits per heavy atom. The molecule has 0 saturated carbocycles. The first kappa shape index (κ1) is 21.0. The van der Waals surface area contributed by atoms with Crippen LogP contribution in [0.5, 0.6) is 11.5 Å². The van der Waals surface area contributed by atoms with Crippen molar-refractivity contribution in [3.05, 3.63) is 81.8 Å². The van der Waals surface area contributed by atoms with Gasteiger partial charge in [0.05, 0.1) is 19.2 Å². The smallest absolute Gasteiger partial charge is 0.226 e. The standard InChI is InChI=1S/C23H21N3O3S2/c1-28-21-10-17(2-3-20(21)29-13-16-4-7-24-8-5-16)12-25-22(27)11-19-15-31-23(26-19)18-6-9-30-14-18/h2-10,14-15H,11-13H2,1H3,(H,25,27). The molecule has 0 saturated heterocycles. The van der Waals surface area contributed by atoms with Gasteiger partial charge in [-0.2, -0.15) is 11.3 Å². The van der Waals surface area contributed by atoms with E-state index < -0.39 is 0 Å². The molecule has 3 aromatic heterocycles. The first-order valence-electron chi connectivity index (χ1n) is 9.63. The second-order valence-electron chi connectivity index (χ2n) is 6.74. The first-order chi connectivity index (χ1) is 15.2. The van der Waals surface area contributed by atoms with Crippen LogP contribution in [0.1, 0.15) is 16.8 Å². The number of nitrogens with one attached hydrogen (secondary N) is 1. The SMILES string of the molecule is COc1cc(CNC(=O)Cc2csc(-c3ccsc3)n2)ccc1OCc1ccncc1. The lowest BCUT2D eigenvalue weighted by atomic mass is 10.2. The molecule has 158 valence electrons. The van der Waals surface area contributed by atoms with Crippen molar-refractivity contribution in [1.82, 2.24) is 15.3 Å². The Morgan fingerprint density at radius 1 is 1.06 bits per heavy atom. The third kappa shape index (κ3) is 5.68. The summed E-state index contributed by atoms with van der Waals surface area (Å²) in [5, 5.41) is 9.90. The van der Waals surface area contributed by atoms with Crippen molar-refractivity contribution < 1.29 is 14.3 Å². The summed E-state index contributed by atoms with van der Waals surface area (Å²) in [5.74, 6) is 1.21. The Labute approximate surface area is 188 Å². The van der Waals surface area contributed by atoms with Crippen LogP contribution in [-0.2, 0) is 24.4 Å². The van der Waals surface area contributed by atoms with Crippen LogP contribution in [-0.4, -0.2) is 23.0 Å². The van der Waals surface area contributed by atoms with Gasteiger partial charge in [-0.25, -0.2) is 4.98 Å².